The second-order valence-corrected chi connectivity index (χ2v) is 3.05. The first-order valence-corrected chi connectivity index (χ1v) is 4.87. The van der Waals surface area contributed by atoms with Crippen LogP contribution in [0, 0.1) is 0 Å². The molecule has 0 unspecified atom stereocenters. The van der Waals surface area contributed by atoms with Gasteiger partial charge in [-0.25, -0.2) is 0 Å². The van der Waals surface area contributed by atoms with Gasteiger partial charge < -0.3 is 16.0 Å². The third-order valence-electron chi connectivity index (χ3n) is 1.92. The third-order valence-corrected chi connectivity index (χ3v) is 1.92. The van der Waals surface area contributed by atoms with Gasteiger partial charge in [0.15, 0.2) is 0 Å². The zero-order chi connectivity index (χ0) is 10.1. The fourth-order valence-corrected chi connectivity index (χ4v) is 1.22. The van der Waals surface area contributed by atoms with Crippen molar-refractivity contribution in [3.63, 3.8) is 0 Å². The largest absolute Gasteiger partial charge is 0.359 e. The van der Waals surface area contributed by atoms with E-state index in [0.717, 1.165) is 26.1 Å². The highest BCUT2D eigenvalue weighted by atomic mass is 16.1. The summed E-state index contributed by atoms with van der Waals surface area (Å²) < 4.78 is 0. The van der Waals surface area contributed by atoms with Crippen LogP contribution in [0.15, 0.2) is 0 Å². The lowest BCUT2D eigenvalue weighted by molar-refractivity contribution is -0.120. The van der Waals surface area contributed by atoms with E-state index < -0.39 is 0 Å². The van der Waals surface area contributed by atoms with Crippen LogP contribution in [0.4, 0.5) is 0 Å². The highest BCUT2D eigenvalue weighted by Crippen LogP contribution is 1.92. The van der Waals surface area contributed by atoms with Gasteiger partial charge in [-0.1, -0.05) is 6.92 Å². The first-order valence-electron chi connectivity index (χ1n) is 4.87. The van der Waals surface area contributed by atoms with Gasteiger partial charge in [-0.05, 0) is 13.0 Å². The van der Waals surface area contributed by atoms with E-state index in [0.29, 0.717) is 13.0 Å². The van der Waals surface area contributed by atoms with Crippen molar-refractivity contribution in [1.82, 2.24) is 10.2 Å². The standard InChI is InChI=1S/C9H21N3O/c1-3-6-12(8-5-10)7-4-9(13)11-2/h3-8,10H2,1-2H3,(H,11,13). The van der Waals surface area contributed by atoms with Crippen LogP contribution in [-0.4, -0.2) is 44.0 Å². The number of nitrogens with one attached hydrogen (secondary N) is 1. The predicted octanol–water partition coefficient (Wildman–Crippen LogP) is -0.207. The SMILES string of the molecule is CCCN(CCN)CCC(=O)NC. The fraction of sp³-hybridized carbons (Fsp3) is 0.889. The Labute approximate surface area is 80.5 Å². The summed E-state index contributed by atoms with van der Waals surface area (Å²) in [5.74, 6) is 0.0955. The van der Waals surface area contributed by atoms with Crippen LogP contribution in [0.3, 0.4) is 0 Å². The van der Waals surface area contributed by atoms with Gasteiger partial charge in [0.25, 0.3) is 0 Å². The number of hydrogen-bond donors (Lipinski definition) is 2. The molecule has 0 aromatic carbocycles. The average molecular weight is 187 g/mol. The van der Waals surface area contributed by atoms with Crippen molar-refractivity contribution >= 4 is 5.91 Å². The van der Waals surface area contributed by atoms with Crippen LogP contribution in [0.1, 0.15) is 19.8 Å². The Kier molecular flexibility index (Phi) is 7.63. The molecule has 13 heavy (non-hydrogen) atoms. The number of rotatable bonds is 7. The van der Waals surface area contributed by atoms with E-state index in [1.165, 1.54) is 0 Å². The van der Waals surface area contributed by atoms with Crippen molar-refractivity contribution < 1.29 is 4.79 Å². The summed E-state index contributed by atoms with van der Waals surface area (Å²) in [4.78, 5) is 13.2. The lowest BCUT2D eigenvalue weighted by Crippen LogP contribution is -2.33. The molecule has 0 heterocycles. The summed E-state index contributed by atoms with van der Waals surface area (Å²) in [6, 6.07) is 0. The normalized spacial score (nSPS) is 10.5. The van der Waals surface area contributed by atoms with E-state index in [1.807, 2.05) is 0 Å². The molecule has 0 aliphatic heterocycles. The minimum atomic E-state index is 0.0955. The van der Waals surface area contributed by atoms with Gasteiger partial charge in [0, 0.05) is 33.1 Å². The molecule has 0 aromatic rings. The molecule has 0 fully saturated rings. The van der Waals surface area contributed by atoms with Crippen LogP contribution in [0.25, 0.3) is 0 Å². The fourth-order valence-electron chi connectivity index (χ4n) is 1.22. The van der Waals surface area contributed by atoms with Crippen molar-refractivity contribution in [2.24, 2.45) is 5.73 Å². The summed E-state index contributed by atoms with van der Waals surface area (Å²) in [5, 5.41) is 2.61. The first kappa shape index (κ1) is 12.4. The van der Waals surface area contributed by atoms with Crippen molar-refractivity contribution in [1.29, 1.82) is 0 Å². The molecule has 78 valence electrons. The van der Waals surface area contributed by atoms with E-state index >= 15 is 0 Å². The maximum Gasteiger partial charge on any atom is 0.221 e. The molecule has 0 aliphatic rings. The molecule has 0 aromatic heterocycles. The molecule has 1 amide bonds. The van der Waals surface area contributed by atoms with Gasteiger partial charge in [0.1, 0.15) is 0 Å². The highest BCUT2D eigenvalue weighted by molar-refractivity contribution is 5.75. The lowest BCUT2D eigenvalue weighted by atomic mass is 10.3. The van der Waals surface area contributed by atoms with Gasteiger partial charge in [-0.2, -0.15) is 0 Å². The Balaban J connectivity index is 3.61. The van der Waals surface area contributed by atoms with Crippen molar-refractivity contribution in [2.45, 2.75) is 19.8 Å². The molecule has 4 heteroatoms. The number of nitrogens with two attached hydrogens (primary N) is 1. The topological polar surface area (TPSA) is 58.4 Å². The minimum absolute atomic E-state index is 0.0955. The Morgan fingerprint density at radius 2 is 2.08 bits per heavy atom. The van der Waals surface area contributed by atoms with Crippen molar-refractivity contribution in [3.05, 3.63) is 0 Å². The number of carbonyl (C=O) groups excluding carboxylic acids is 1. The average Bonchev–Trinajstić information content (AvgIpc) is 2.14. The maximum atomic E-state index is 11.0. The molecular weight excluding hydrogens is 166 g/mol. The Bertz CT molecular complexity index is 133. The van der Waals surface area contributed by atoms with Crippen LogP contribution < -0.4 is 11.1 Å². The van der Waals surface area contributed by atoms with Gasteiger partial charge in [0.2, 0.25) is 5.91 Å². The van der Waals surface area contributed by atoms with Gasteiger partial charge in [-0.15, -0.1) is 0 Å². The maximum absolute atomic E-state index is 11.0. The third kappa shape index (κ3) is 6.54. The summed E-state index contributed by atoms with van der Waals surface area (Å²) >= 11 is 0. The lowest BCUT2D eigenvalue weighted by Gasteiger charge is -2.19. The molecule has 0 saturated carbocycles. The molecule has 0 aliphatic carbocycles. The van der Waals surface area contributed by atoms with Crippen LogP contribution in [0.2, 0.25) is 0 Å². The molecule has 4 nitrogen and oxygen atoms in total. The summed E-state index contributed by atoms with van der Waals surface area (Å²) in [6.07, 6.45) is 1.67. The molecule has 0 rings (SSSR count). The first-order chi connectivity index (χ1) is 6.24. The van der Waals surface area contributed by atoms with Crippen LogP contribution in [-0.2, 0) is 4.79 Å². The van der Waals surface area contributed by atoms with Gasteiger partial charge in [-0.3, -0.25) is 4.79 Å². The van der Waals surface area contributed by atoms with E-state index in [9.17, 15) is 4.79 Å². The van der Waals surface area contributed by atoms with Crippen LogP contribution in [0.5, 0.6) is 0 Å². The zero-order valence-electron chi connectivity index (χ0n) is 8.68. The predicted molar refractivity (Wildman–Crippen MR) is 54.5 cm³/mol. The Morgan fingerprint density at radius 1 is 1.38 bits per heavy atom. The Morgan fingerprint density at radius 3 is 2.54 bits per heavy atom. The Hall–Kier alpha value is -0.610. The summed E-state index contributed by atoms with van der Waals surface area (Å²) in [5.41, 5.74) is 5.46. The monoisotopic (exact) mass is 187 g/mol. The number of nitrogens with zero attached hydrogens (tertiary/aromatic N) is 1. The second kappa shape index (κ2) is 8.01. The second-order valence-electron chi connectivity index (χ2n) is 3.05. The molecular formula is C9H21N3O. The highest BCUT2D eigenvalue weighted by Gasteiger charge is 2.04. The molecule has 0 saturated heterocycles. The molecule has 0 bridgehead atoms. The molecule has 0 atom stereocenters. The quantitative estimate of drug-likeness (QED) is 0.580. The molecule has 3 N–H and O–H groups in total. The number of hydrogen-bond acceptors (Lipinski definition) is 3. The van der Waals surface area contributed by atoms with Crippen molar-refractivity contribution in [2.75, 3.05) is 33.2 Å². The smallest absolute Gasteiger partial charge is 0.221 e. The summed E-state index contributed by atoms with van der Waals surface area (Å²) in [7, 11) is 1.66. The van der Waals surface area contributed by atoms with E-state index in [1.54, 1.807) is 7.05 Å². The summed E-state index contributed by atoms with van der Waals surface area (Å²) in [6.45, 7) is 5.50. The zero-order valence-corrected chi connectivity index (χ0v) is 8.68. The molecule has 0 spiro atoms. The van der Waals surface area contributed by atoms with Crippen LogP contribution >= 0.6 is 0 Å². The minimum Gasteiger partial charge on any atom is -0.359 e. The van der Waals surface area contributed by atoms with E-state index in [4.69, 9.17) is 5.73 Å². The number of carbonyl (C=O) groups is 1. The molecule has 0 radical (unpaired) electrons. The van der Waals surface area contributed by atoms with E-state index in [2.05, 4.69) is 17.1 Å². The van der Waals surface area contributed by atoms with Gasteiger partial charge >= 0.3 is 0 Å². The van der Waals surface area contributed by atoms with Crippen molar-refractivity contribution in [3.8, 4) is 0 Å². The number of amides is 1. The van der Waals surface area contributed by atoms with Gasteiger partial charge in [0.05, 0.1) is 0 Å². The van der Waals surface area contributed by atoms with E-state index in [-0.39, 0.29) is 5.91 Å².